The van der Waals surface area contributed by atoms with Gasteiger partial charge in [0.2, 0.25) is 5.88 Å². The number of para-hydroxylation sites is 1. The molecular formula is C16H14N4O2. The van der Waals surface area contributed by atoms with Crippen LogP contribution < -0.4 is 10.3 Å². The van der Waals surface area contributed by atoms with Gasteiger partial charge in [-0.2, -0.15) is 14.9 Å². The van der Waals surface area contributed by atoms with Gasteiger partial charge in [0.05, 0.1) is 11.8 Å². The molecule has 0 atom stereocenters. The number of hydrogen-bond donors (Lipinski definition) is 1. The van der Waals surface area contributed by atoms with E-state index in [2.05, 4.69) is 10.1 Å². The highest BCUT2D eigenvalue weighted by Gasteiger charge is 2.19. The van der Waals surface area contributed by atoms with Crippen LogP contribution >= 0.6 is 0 Å². The summed E-state index contributed by atoms with van der Waals surface area (Å²) in [5.74, 6) is 0.903. The highest BCUT2D eigenvalue weighted by atomic mass is 16.5. The zero-order valence-corrected chi connectivity index (χ0v) is 12.2. The Kier molecular flexibility index (Phi) is 3.39. The number of aromatic amines is 1. The van der Waals surface area contributed by atoms with E-state index in [1.54, 1.807) is 12.1 Å². The van der Waals surface area contributed by atoms with E-state index in [1.807, 2.05) is 38.1 Å². The molecular weight excluding hydrogens is 280 g/mol. The quantitative estimate of drug-likeness (QED) is 0.805. The fraction of sp³-hybridized carbons (Fsp3) is 0.188. The van der Waals surface area contributed by atoms with Crippen molar-refractivity contribution in [1.82, 2.24) is 14.6 Å². The van der Waals surface area contributed by atoms with Crippen molar-refractivity contribution in [3.05, 3.63) is 58.0 Å². The van der Waals surface area contributed by atoms with E-state index in [4.69, 9.17) is 10.00 Å². The lowest BCUT2D eigenvalue weighted by molar-refractivity contribution is 0.450. The molecule has 1 aromatic carbocycles. The van der Waals surface area contributed by atoms with Gasteiger partial charge in [-0.05, 0) is 18.1 Å². The first-order valence-corrected chi connectivity index (χ1v) is 6.88. The molecule has 1 N–H and O–H groups in total. The minimum Gasteiger partial charge on any atom is -0.440 e. The van der Waals surface area contributed by atoms with E-state index in [1.165, 1.54) is 10.7 Å². The highest BCUT2D eigenvalue weighted by Crippen LogP contribution is 2.27. The van der Waals surface area contributed by atoms with Crippen molar-refractivity contribution < 1.29 is 4.74 Å². The van der Waals surface area contributed by atoms with Crippen LogP contribution in [0.5, 0.6) is 11.6 Å². The topological polar surface area (TPSA) is 83.2 Å². The number of benzene rings is 1. The number of aromatic nitrogens is 3. The van der Waals surface area contributed by atoms with Gasteiger partial charge in [0.1, 0.15) is 17.4 Å². The molecule has 0 aliphatic rings. The lowest BCUT2D eigenvalue weighted by atomic mass is 10.1. The number of hydrogen-bond acceptors (Lipinski definition) is 4. The molecule has 0 aliphatic heterocycles. The molecule has 2 heterocycles. The summed E-state index contributed by atoms with van der Waals surface area (Å²) in [7, 11) is 0. The van der Waals surface area contributed by atoms with Gasteiger partial charge in [-0.1, -0.05) is 32.0 Å². The standard InChI is InChI=1S/C16H14N4O2/c1-10(2)13-15(22-12-6-4-3-5-7-12)19-14-11(8-17)9-18-20(14)16(13)21/h3-7,9-10,19H,1-2H3. The van der Waals surface area contributed by atoms with Crippen LogP contribution in [0, 0.1) is 11.3 Å². The van der Waals surface area contributed by atoms with Crippen molar-refractivity contribution in [3.63, 3.8) is 0 Å². The molecule has 0 unspecified atom stereocenters. The molecule has 0 saturated heterocycles. The molecule has 110 valence electrons. The van der Waals surface area contributed by atoms with Gasteiger partial charge in [-0.3, -0.25) is 4.79 Å². The summed E-state index contributed by atoms with van der Waals surface area (Å²) in [6.07, 6.45) is 1.36. The second-order valence-electron chi connectivity index (χ2n) is 5.17. The third-order valence-electron chi connectivity index (χ3n) is 3.33. The smallest absolute Gasteiger partial charge is 0.281 e. The number of nitrogens with zero attached hydrogens (tertiary/aromatic N) is 3. The van der Waals surface area contributed by atoms with Gasteiger partial charge in [0, 0.05) is 0 Å². The number of nitriles is 1. The predicted molar refractivity (Wildman–Crippen MR) is 81.1 cm³/mol. The fourth-order valence-corrected chi connectivity index (χ4v) is 2.29. The Labute approximate surface area is 126 Å². The molecule has 0 fully saturated rings. The summed E-state index contributed by atoms with van der Waals surface area (Å²) in [6, 6.07) is 11.2. The van der Waals surface area contributed by atoms with Crippen LogP contribution in [0.15, 0.2) is 41.3 Å². The summed E-state index contributed by atoms with van der Waals surface area (Å²) >= 11 is 0. The molecule has 3 aromatic rings. The predicted octanol–water partition coefficient (Wildman–Crippen LogP) is 2.81. The van der Waals surface area contributed by atoms with E-state index in [-0.39, 0.29) is 11.5 Å². The van der Waals surface area contributed by atoms with Crippen LogP contribution in [-0.4, -0.2) is 14.6 Å². The highest BCUT2D eigenvalue weighted by molar-refractivity contribution is 5.56. The van der Waals surface area contributed by atoms with Crippen LogP contribution in [0.25, 0.3) is 5.65 Å². The molecule has 6 heteroatoms. The summed E-state index contributed by atoms with van der Waals surface area (Å²) in [5.41, 5.74) is 0.841. The summed E-state index contributed by atoms with van der Waals surface area (Å²) < 4.78 is 7.02. The summed E-state index contributed by atoms with van der Waals surface area (Å²) in [4.78, 5) is 15.6. The molecule has 0 amide bonds. The average molecular weight is 294 g/mol. The Hall–Kier alpha value is -3.07. The van der Waals surface area contributed by atoms with Crippen molar-refractivity contribution in [1.29, 1.82) is 5.26 Å². The normalized spacial score (nSPS) is 10.8. The third kappa shape index (κ3) is 2.23. The largest absolute Gasteiger partial charge is 0.440 e. The number of ether oxygens (including phenoxy) is 1. The van der Waals surface area contributed by atoms with Crippen molar-refractivity contribution in [3.8, 4) is 17.7 Å². The molecule has 3 rings (SSSR count). The minimum absolute atomic E-state index is 0.0541. The first-order chi connectivity index (χ1) is 10.6. The van der Waals surface area contributed by atoms with E-state index in [0.717, 1.165) is 0 Å². The number of rotatable bonds is 3. The van der Waals surface area contributed by atoms with Crippen molar-refractivity contribution in [2.45, 2.75) is 19.8 Å². The van der Waals surface area contributed by atoms with Crippen LogP contribution in [0.3, 0.4) is 0 Å². The van der Waals surface area contributed by atoms with Crippen molar-refractivity contribution in [2.75, 3.05) is 0 Å². The molecule has 0 bridgehead atoms. The van der Waals surface area contributed by atoms with Gasteiger partial charge in [0.25, 0.3) is 5.56 Å². The Morgan fingerprint density at radius 1 is 1.32 bits per heavy atom. The van der Waals surface area contributed by atoms with Crippen LogP contribution in [-0.2, 0) is 0 Å². The van der Waals surface area contributed by atoms with Crippen LogP contribution in [0.4, 0.5) is 0 Å². The first kappa shape index (κ1) is 13.9. The van der Waals surface area contributed by atoms with Crippen molar-refractivity contribution in [2.24, 2.45) is 0 Å². The average Bonchev–Trinajstić information content (AvgIpc) is 2.91. The van der Waals surface area contributed by atoms with Crippen molar-refractivity contribution >= 4 is 5.65 Å². The van der Waals surface area contributed by atoms with Gasteiger partial charge in [0.15, 0.2) is 5.65 Å². The number of H-pyrrole nitrogens is 1. The van der Waals surface area contributed by atoms with E-state index in [0.29, 0.717) is 28.4 Å². The molecule has 6 nitrogen and oxygen atoms in total. The maximum absolute atomic E-state index is 12.6. The second-order valence-corrected chi connectivity index (χ2v) is 5.17. The van der Waals surface area contributed by atoms with E-state index in [9.17, 15) is 4.79 Å². The zero-order chi connectivity index (χ0) is 15.7. The van der Waals surface area contributed by atoms with Crippen LogP contribution in [0.1, 0.15) is 30.9 Å². The van der Waals surface area contributed by atoms with Crippen LogP contribution in [0.2, 0.25) is 0 Å². The van der Waals surface area contributed by atoms with E-state index < -0.39 is 0 Å². The lowest BCUT2D eigenvalue weighted by Gasteiger charge is -2.13. The number of nitrogens with one attached hydrogen (secondary N) is 1. The van der Waals surface area contributed by atoms with Gasteiger partial charge in [-0.25, -0.2) is 0 Å². The molecule has 2 aromatic heterocycles. The fourth-order valence-electron chi connectivity index (χ4n) is 2.29. The lowest BCUT2D eigenvalue weighted by Crippen LogP contribution is -2.22. The Bertz CT molecular complexity index is 917. The molecule has 0 aliphatic carbocycles. The Morgan fingerprint density at radius 2 is 2.05 bits per heavy atom. The van der Waals surface area contributed by atoms with Gasteiger partial charge in [-0.15, -0.1) is 0 Å². The summed E-state index contributed by atoms with van der Waals surface area (Å²) in [6.45, 7) is 3.81. The van der Waals surface area contributed by atoms with E-state index >= 15 is 0 Å². The Morgan fingerprint density at radius 3 is 2.68 bits per heavy atom. The molecule has 0 radical (unpaired) electrons. The van der Waals surface area contributed by atoms with Gasteiger partial charge >= 0.3 is 0 Å². The monoisotopic (exact) mass is 294 g/mol. The maximum Gasteiger partial charge on any atom is 0.281 e. The third-order valence-corrected chi connectivity index (χ3v) is 3.33. The number of fused-ring (bicyclic) bond motifs is 1. The molecule has 22 heavy (non-hydrogen) atoms. The second kappa shape index (κ2) is 5.37. The minimum atomic E-state index is -0.281. The maximum atomic E-state index is 12.6. The van der Waals surface area contributed by atoms with Gasteiger partial charge < -0.3 is 9.72 Å². The SMILES string of the molecule is CC(C)c1c(Oc2ccccc2)[nH]c2c(C#N)cnn2c1=O. The Balaban J connectivity index is 2.25. The zero-order valence-electron chi connectivity index (χ0n) is 12.2. The molecule has 0 saturated carbocycles. The molecule has 0 spiro atoms. The summed E-state index contributed by atoms with van der Waals surface area (Å²) in [5, 5.41) is 13.1. The first-order valence-electron chi connectivity index (χ1n) is 6.88.